The van der Waals surface area contributed by atoms with Gasteiger partial charge in [-0.2, -0.15) is 0 Å². The fourth-order valence-electron chi connectivity index (χ4n) is 9.09. The highest BCUT2D eigenvalue weighted by atomic mass is 16.7. The molecule has 1 fully saturated rings. The number of benzene rings is 2. The molecular formula is C55H86O26. The molecule has 1 heterocycles. The number of methoxy groups -OCH3 is 1. The van der Waals surface area contributed by atoms with Crippen LogP contribution in [-0.2, 0) is 68.1 Å². The number of aromatic hydroxyl groups is 2. The van der Waals surface area contributed by atoms with Crippen LogP contribution in [0.1, 0.15) is 105 Å². The number of aliphatic hydroxyl groups is 8. The van der Waals surface area contributed by atoms with Gasteiger partial charge in [-0.15, -0.1) is 0 Å². The van der Waals surface area contributed by atoms with E-state index in [9.17, 15) is 65.4 Å². The Balaban J connectivity index is 1.44. The van der Waals surface area contributed by atoms with Crippen molar-refractivity contribution in [3.8, 4) is 17.2 Å². The van der Waals surface area contributed by atoms with Gasteiger partial charge in [0, 0.05) is 18.6 Å². The SMILES string of the molecule is C/C=C/OC(=O)OC[C@H](O)C(C)OC(C)OC[C@H](O)C(C)OC(C)Oc1cc2cc3c(c(O)c2c(O)c1C)C(=O)[C@@H](OC(C)OC(C)[C@@H](O)COC(C)OC(C)[C@H](O)COC1OC(C)[C@@H](O)C1(C)O)[C@H]([C@H](OC)C(=O)[C@@H](O)[C@@H](C)O)C3. The number of ketones is 2. The Morgan fingerprint density at radius 1 is 0.765 bits per heavy atom. The first-order valence-electron chi connectivity index (χ1n) is 26.9. The number of hydrogen-bond acceptors (Lipinski definition) is 26. The van der Waals surface area contributed by atoms with Gasteiger partial charge in [-0.25, -0.2) is 4.79 Å². The first-order chi connectivity index (χ1) is 37.9. The van der Waals surface area contributed by atoms with E-state index in [4.69, 9.17) is 56.8 Å². The van der Waals surface area contributed by atoms with Crippen molar-refractivity contribution < 1.29 is 127 Å². The molecule has 1 aliphatic carbocycles. The molecule has 11 unspecified atom stereocenters. The molecular weight excluding hydrogens is 1080 g/mol. The Morgan fingerprint density at radius 2 is 1.28 bits per heavy atom. The maximum atomic E-state index is 14.7. The third kappa shape index (κ3) is 18.4. The Hall–Kier alpha value is -4.27. The Kier molecular flexibility index (Phi) is 26.5. The summed E-state index contributed by atoms with van der Waals surface area (Å²) in [5, 5.41) is 108. The minimum Gasteiger partial charge on any atom is -0.507 e. The second-order valence-corrected chi connectivity index (χ2v) is 20.8. The number of Topliss-reactive ketones (excluding diaryl/α,β-unsaturated/α-hetero) is 2. The molecule has 81 heavy (non-hydrogen) atoms. The lowest BCUT2D eigenvalue weighted by Gasteiger charge is -2.38. The molecule has 0 aromatic heterocycles. The number of carbonyl (C=O) groups excluding carboxylic acids is 3. The standard InChI is InChI=1S/C55H86O26/c1-15-16-70-54(67)74-23-41(60)27(5)76-32(10)71-20-38(57)28(6)77-33(11)80-42-19-36-17-35-18-37(50(69-14)49(65)46(62)25(3)56)51(48(64)44(35)47(63)43(36)45(61)24(42)2)81-34(12)78-29(7)39(58)21-72-31(9)75-26(4)40(59)22-73-53-55(13,68)52(66)30(8)79-53/h15-17,19,25-34,37-41,46,50-53,56-63,66,68H,18,20-23H2,1-14H3/b16-15+/t25-,26?,27?,28?,29?,30?,31?,32?,33?,34?,37+,38+,39+,40-,41+,46+,50+,51+,52-,53?,55?/m1/s1. The highest BCUT2D eigenvalue weighted by Crippen LogP contribution is 2.47. The number of phenols is 2. The highest BCUT2D eigenvalue weighted by molar-refractivity contribution is 6.11. The van der Waals surface area contributed by atoms with Crippen molar-refractivity contribution in [3.05, 3.63) is 41.2 Å². The first-order valence-corrected chi connectivity index (χ1v) is 26.9. The van der Waals surface area contributed by atoms with E-state index in [1.165, 1.54) is 87.6 Å². The van der Waals surface area contributed by atoms with Gasteiger partial charge in [0.15, 0.2) is 43.0 Å². The van der Waals surface area contributed by atoms with Crippen molar-refractivity contribution >= 4 is 28.5 Å². The molecule has 26 heteroatoms. The van der Waals surface area contributed by atoms with Gasteiger partial charge in [0.05, 0.1) is 73.7 Å². The molecule has 1 saturated heterocycles. The van der Waals surface area contributed by atoms with E-state index < -0.39 is 164 Å². The summed E-state index contributed by atoms with van der Waals surface area (Å²) in [6.45, 7) is 18.1. The lowest BCUT2D eigenvalue weighted by Crippen LogP contribution is -2.52. The lowest BCUT2D eigenvalue weighted by molar-refractivity contribution is -0.235. The summed E-state index contributed by atoms with van der Waals surface area (Å²) in [7, 11) is 1.17. The Morgan fingerprint density at radius 3 is 1.79 bits per heavy atom. The number of carbonyl (C=O) groups is 3. The maximum Gasteiger partial charge on any atom is 0.513 e. The molecule has 0 amide bonds. The number of phenolic OH excluding ortho intramolecular Hbond substituents is 2. The second-order valence-electron chi connectivity index (χ2n) is 20.8. The fourth-order valence-corrected chi connectivity index (χ4v) is 9.09. The van der Waals surface area contributed by atoms with Crippen LogP contribution in [0, 0.1) is 12.8 Å². The molecule has 1 aliphatic heterocycles. The quantitative estimate of drug-likeness (QED) is 0.0278. The van der Waals surface area contributed by atoms with Crippen LogP contribution in [-0.4, -0.2) is 225 Å². The van der Waals surface area contributed by atoms with Gasteiger partial charge < -0.3 is 113 Å². The minimum absolute atomic E-state index is 0.0939. The van der Waals surface area contributed by atoms with Gasteiger partial charge >= 0.3 is 6.16 Å². The third-order valence-corrected chi connectivity index (χ3v) is 14.1. The second kappa shape index (κ2) is 31.0. The van der Waals surface area contributed by atoms with Crippen LogP contribution in [0.25, 0.3) is 10.8 Å². The summed E-state index contributed by atoms with van der Waals surface area (Å²) in [5.41, 5.74) is -1.63. The molecule has 0 spiro atoms. The zero-order valence-electron chi connectivity index (χ0n) is 48.4. The van der Waals surface area contributed by atoms with Crippen molar-refractivity contribution in [1.29, 1.82) is 0 Å². The van der Waals surface area contributed by atoms with Crippen LogP contribution in [0.5, 0.6) is 17.2 Å². The number of ether oxygens (including phenoxy) is 13. The van der Waals surface area contributed by atoms with E-state index in [1.54, 1.807) is 27.7 Å². The van der Waals surface area contributed by atoms with Crippen molar-refractivity contribution in [3.63, 3.8) is 0 Å². The van der Waals surface area contributed by atoms with Crippen molar-refractivity contribution in [2.45, 2.75) is 219 Å². The molecule has 2 aliphatic rings. The number of rotatable bonds is 33. The summed E-state index contributed by atoms with van der Waals surface area (Å²) in [6.07, 6.45) is -21.2. The smallest absolute Gasteiger partial charge is 0.507 e. The first kappa shape index (κ1) is 69.2. The van der Waals surface area contributed by atoms with Gasteiger partial charge in [0.25, 0.3) is 0 Å². The van der Waals surface area contributed by atoms with Gasteiger partial charge in [-0.1, -0.05) is 6.08 Å². The van der Waals surface area contributed by atoms with Crippen LogP contribution < -0.4 is 4.74 Å². The normalized spacial score (nSPS) is 26.0. The third-order valence-electron chi connectivity index (χ3n) is 14.1. The summed E-state index contributed by atoms with van der Waals surface area (Å²) in [5.74, 6) is -4.03. The monoisotopic (exact) mass is 1160 g/mol. The molecule has 0 saturated carbocycles. The predicted molar refractivity (Wildman–Crippen MR) is 283 cm³/mol. The van der Waals surface area contributed by atoms with Crippen molar-refractivity contribution in [2.75, 3.05) is 33.5 Å². The summed E-state index contributed by atoms with van der Waals surface area (Å²) in [4.78, 5) is 40.0. The summed E-state index contributed by atoms with van der Waals surface area (Å²) in [6, 6.07) is 3.00. The van der Waals surface area contributed by atoms with Crippen molar-refractivity contribution in [2.24, 2.45) is 5.92 Å². The topological polar surface area (TPSA) is 374 Å². The largest absolute Gasteiger partial charge is 0.513 e. The van der Waals surface area contributed by atoms with Gasteiger partial charge in [-0.3, -0.25) is 9.59 Å². The average Bonchev–Trinajstić information content (AvgIpc) is 3.83. The van der Waals surface area contributed by atoms with Crippen LogP contribution in [0.15, 0.2) is 24.5 Å². The van der Waals surface area contributed by atoms with Crippen LogP contribution in [0.2, 0.25) is 0 Å². The number of aliphatic hydroxyl groups excluding tert-OH is 7. The maximum absolute atomic E-state index is 14.7. The molecule has 2 aromatic rings. The molecule has 4 rings (SSSR count). The van der Waals surface area contributed by atoms with E-state index >= 15 is 0 Å². The predicted octanol–water partition coefficient (Wildman–Crippen LogP) is 2.05. The van der Waals surface area contributed by atoms with Crippen LogP contribution in [0.3, 0.4) is 0 Å². The average molecular weight is 1160 g/mol. The summed E-state index contributed by atoms with van der Waals surface area (Å²) < 4.78 is 72.8. The van der Waals surface area contributed by atoms with E-state index in [0.29, 0.717) is 0 Å². The van der Waals surface area contributed by atoms with Gasteiger partial charge in [0.2, 0.25) is 0 Å². The van der Waals surface area contributed by atoms with Crippen molar-refractivity contribution in [1.82, 2.24) is 0 Å². The number of allylic oxidation sites excluding steroid dienone is 1. The van der Waals surface area contributed by atoms with Crippen LogP contribution >= 0.6 is 0 Å². The molecule has 0 radical (unpaired) electrons. The zero-order valence-corrected chi connectivity index (χ0v) is 48.4. The molecule has 26 nitrogen and oxygen atoms in total. The van der Waals surface area contributed by atoms with E-state index in [1.807, 2.05) is 0 Å². The molecule has 2 aromatic carbocycles. The fraction of sp³-hybridized carbons (Fsp3) is 0.727. The Bertz CT molecular complexity index is 2360. The number of hydrogen-bond donors (Lipinski definition) is 10. The van der Waals surface area contributed by atoms with Gasteiger partial charge in [-0.05, 0) is 120 Å². The minimum atomic E-state index is -1.93. The number of fused-ring (bicyclic) bond motifs is 2. The lowest BCUT2D eigenvalue weighted by atomic mass is 9.75. The van der Waals surface area contributed by atoms with Gasteiger partial charge in [0.1, 0.15) is 78.3 Å². The molecule has 462 valence electrons. The van der Waals surface area contributed by atoms with E-state index in [2.05, 4.69) is 4.74 Å². The summed E-state index contributed by atoms with van der Waals surface area (Å²) >= 11 is 0. The van der Waals surface area contributed by atoms with E-state index in [0.717, 1.165) is 6.26 Å². The van der Waals surface area contributed by atoms with E-state index in [-0.39, 0.29) is 59.5 Å². The molecule has 0 bridgehead atoms. The van der Waals surface area contributed by atoms with Crippen LogP contribution in [0.4, 0.5) is 4.79 Å². The Labute approximate surface area is 471 Å². The highest BCUT2D eigenvalue weighted by Gasteiger charge is 2.52. The molecule has 10 N–H and O–H groups in total. The zero-order chi connectivity index (χ0) is 61.0. The molecule has 21 atom stereocenters.